The molecular formula is C10H20O2. The zero-order chi connectivity index (χ0) is 8.81. The van der Waals surface area contributed by atoms with Gasteiger partial charge in [-0.25, -0.2) is 4.89 Å². The van der Waals surface area contributed by atoms with E-state index in [0.29, 0.717) is 12.5 Å². The summed E-state index contributed by atoms with van der Waals surface area (Å²) in [4.78, 5) is 4.15. The van der Waals surface area contributed by atoms with Gasteiger partial charge in [0.15, 0.2) is 0 Å². The number of hydrogen-bond acceptors (Lipinski definition) is 2. The topological polar surface area (TPSA) is 29.5 Å². The summed E-state index contributed by atoms with van der Waals surface area (Å²) in [6.07, 6.45) is 8.21. The van der Waals surface area contributed by atoms with Crippen LogP contribution < -0.4 is 0 Å². The van der Waals surface area contributed by atoms with Gasteiger partial charge < -0.3 is 0 Å². The maximum absolute atomic E-state index is 8.27. The molecule has 12 heavy (non-hydrogen) atoms. The summed E-state index contributed by atoms with van der Waals surface area (Å²) in [5.41, 5.74) is 0. The minimum absolute atomic E-state index is 0.497. The first-order valence-electron chi connectivity index (χ1n) is 5.09. The van der Waals surface area contributed by atoms with E-state index < -0.39 is 0 Å². The summed E-state index contributed by atoms with van der Waals surface area (Å²) in [6, 6.07) is 0. The van der Waals surface area contributed by atoms with Crippen LogP contribution in [-0.2, 0) is 4.89 Å². The zero-order valence-electron chi connectivity index (χ0n) is 7.96. The molecule has 1 fully saturated rings. The summed E-state index contributed by atoms with van der Waals surface area (Å²) < 4.78 is 0. The highest BCUT2D eigenvalue weighted by atomic mass is 17.1. The Morgan fingerprint density at radius 2 is 2.00 bits per heavy atom. The first kappa shape index (κ1) is 10.0. The lowest BCUT2D eigenvalue weighted by atomic mass is 9.83. The Hall–Kier alpha value is -0.0800. The number of rotatable bonds is 4. The predicted molar refractivity (Wildman–Crippen MR) is 48.9 cm³/mol. The van der Waals surface area contributed by atoms with Gasteiger partial charge in [-0.05, 0) is 18.3 Å². The molecule has 72 valence electrons. The largest absolute Gasteiger partial charge is 0.252 e. The average molecular weight is 172 g/mol. The molecule has 0 amide bonds. The molecule has 1 atom stereocenters. The van der Waals surface area contributed by atoms with Crippen molar-refractivity contribution in [3.05, 3.63) is 0 Å². The van der Waals surface area contributed by atoms with Crippen molar-refractivity contribution in [2.75, 3.05) is 6.61 Å². The fourth-order valence-electron chi connectivity index (χ4n) is 2.19. The molecule has 2 nitrogen and oxygen atoms in total. The molecule has 0 radical (unpaired) electrons. The van der Waals surface area contributed by atoms with E-state index in [4.69, 9.17) is 5.26 Å². The smallest absolute Gasteiger partial charge is 0.0845 e. The average Bonchev–Trinajstić information content (AvgIpc) is 2.06. The SMILES string of the molecule is CC(COO)CC1CCCCC1. The second kappa shape index (κ2) is 5.55. The molecule has 0 spiro atoms. The van der Waals surface area contributed by atoms with E-state index in [2.05, 4.69) is 11.8 Å². The van der Waals surface area contributed by atoms with Crippen LogP contribution in [0.4, 0.5) is 0 Å². The molecule has 0 saturated heterocycles. The van der Waals surface area contributed by atoms with Crippen LogP contribution in [-0.4, -0.2) is 11.9 Å². The molecule has 1 unspecified atom stereocenters. The van der Waals surface area contributed by atoms with Crippen molar-refractivity contribution in [2.45, 2.75) is 45.4 Å². The Morgan fingerprint density at radius 1 is 1.33 bits per heavy atom. The van der Waals surface area contributed by atoms with Crippen LogP contribution in [0, 0.1) is 11.8 Å². The van der Waals surface area contributed by atoms with Crippen LogP contribution in [0.25, 0.3) is 0 Å². The molecule has 0 bridgehead atoms. The van der Waals surface area contributed by atoms with E-state index in [9.17, 15) is 0 Å². The molecule has 1 N–H and O–H groups in total. The molecule has 0 aromatic carbocycles. The Morgan fingerprint density at radius 3 is 2.58 bits per heavy atom. The highest BCUT2D eigenvalue weighted by molar-refractivity contribution is 4.68. The quantitative estimate of drug-likeness (QED) is 0.521. The molecule has 1 aliphatic rings. The van der Waals surface area contributed by atoms with Crippen molar-refractivity contribution in [3.63, 3.8) is 0 Å². The molecule has 0 aromatic rings. The molecule has 1 saturated carbocycles. The molecule has 2 heteroatoms. The molecule has 0 aromatic heterocycles. The Labute approximate surface area is 74.9 Å². The molecular weight excluding hydrogens is 152 g/mol. The van der Waals surface area contributed by atoms with Gasteiger partial charge in [0, 0.05) is 0 Å². The summed E-state index contributed by atoms with van der Waals surface area (Å²) in [7, 11) is 0. The van der Waals surface area contributed by atoms with Crippen molar-refractivity contribution in [1.29, 1.82) is 0 Å². The standard InChI is InChI=1S/C10H20O2/c1-9(8-12-11)7-10-5-3-2-4-6-10/h9-11H,2-8H2,1H3. The van der Waals surface area contributed by atoms with Gasteiger partial charge in [-0.1, -0.05) is 39.0 Å². The zero-order valence-corrected chi connectivity index (χ0v) is 7.96. The van der Waals surface area contributed by atoms with Gasteiger partial charge in [-0.2, -0.15) is 0 Å². The van der Waals surface area contributed by atoms with Gasteiger partial charge in [0.05, 0.1) is 6.61 Å². The minimum Gasteiger partial charge on any atom is -0.252 e. The minimum atomic E-state index is 0.497. The lowest BCUT2D eigenvalue weighted by Gasteiger charge is -2.23. The summed E-state index contributed by atoms with van der Waals surface area (Å²) in [5, 5.41) is 8.27. The maximum Gasteiger partial charge on any atom is 0.0845 e. The third-order valence-electron chi connectivity index (χ3n) is 2.82. The lowest BCUT2D eigenvalue weighted by Crippen LogP contribution is -2.13. The van der Waals surface area contributed by atoms with Gasteiger partial charge in [0.1, 0.15) is 0 Å². The van der Waals surface area contributed by atoms with Gasteiger partial charge in [0.25, 0.3) is 0 Å². The molecule has 1 rings (SSSR count). The lowest BCUT2D eigenvalue weighted by molar-refractivity contribution is -0.250. The predicted octanol–water partition coefficient (Wildman–Crippen LogP) is 3.08. The summed E-state index contributed by atoms with van der Waals surface area (Å²) in [6.45, 7) is 2.64. The van der Waals surface area contributed by atoms with Crippen LogP contribution in [0.5, 0.6) is 0 Å². The molecule has 0 heterocycles. The monoisotopic (exact) mass is 172 g/mol. The van der Waals surface area contributed by atoms with Crippen molar-refractivity contribution in [1.82, 2.24) is 0 Å². The highest BCUT2D eigenvalue weighted by Crippen LogP contribution is 2.28. The third kappa shape index (κ3) is 3.55. The van der Waals surface area contributed by atoms with Gasteiger partial charge in [0.2, 0.25) is 0 Å². The van der Waals surface area contributed by atoms with Gasteiger partial charge in [-0.15, -0.1) is 0 Å². The van der Waals surface area contributed by atoms with Crippen molar-refractivity contribution >= 4 is 0 Å². The third-order valence-corrected chi connectivity index (χ3v) is 2.82. The van der Waals surface area contributed by atoms with E-state index in [1.165, 1.54) is 38.5 Å². The van der Waals surface area contributed by atoms with Crippen molar-refractivity contribution in [3.8, 4) is 0 Å². The number of hydrogen-bond donors (Lipinski definition) is 1. The second-order valence-electron chi connectivity index (χ2n) is 4.14. The van der Waals surface area contributed by atoms with E-state index in [0.717, 1.165) is 5.92 Å². The van der Waals surface area contributed by atoms with Crippen LogP contribution >= 0.6 is 0 Å². The van der Waals surface area contributed by atoms with Crippen molar-refractivity contribution < 1.29 is 10.1 Å². The fraction of sp³-hybridized carbons (Fsp3) is 1.00. The van der Waals surface area contributed by atoms with Gasteiger partial charge >= 0.3 is 0 Å². The Bertz CT molecular complexity index is 108. The van der Waals surface area contributed by atoms with E-state index in [1.54, 1.807) is 0 Å². The normalized spacial score (nSPS) is 22.5. The van der Waals surface area contributed by atoms with Crippen LogP contribution in [0.1, 0.15) is 45.4 Å². The summed E-state index contributed by atoms with van der Waals surface area (Å²) in [5.74, 6) is 1.40. The fourth-order valence-corrected chi connectivity index (χ4v) is 2.19. The Balaban J connectivity index is 2.11. The highest BCUT2D eigenvalue weighted by Gasteiger charge is 2.16. The maximum atomic E-state index is 8.27. The Kier molecular flexibility index (Phi) is 4.62. The van der Waals surface area contributed by atoms with E-state index in [1.807, 2.05) is 0 Å². The second-order valence-corrected chi connectivity index (χ2v) is 4.14. The van der Waals surface area contributed by atoms with Crippen LogP contribution in [0.2, 0.25) is 0 Å². The van der Waals surface area contributed by atoms with Crippen LogP contribution in [0.3, 0.4) is 0 Å². The molecule has 1 aliphatic carbocycles. The first-order valence-corrected chi connectivity index (χ1v) is 5.09. The van der Waals surface area contributed by atoms with Crippen molar-refractivity contribution in [2.24, 2.45) is 11.8 Å². The first-order chi connectivity index (χ1) is 5.83. The van der Waals surface area contributed by atoms with Crippen LogP contribution in [0.15, 0.2) is 0 Å². The van der Waals surface area contributed by atoms with E-state index in [-0.39, 0.29) is 0 Å². The summed E-state index contributed by atoms with van der Waals surface area (Å²) >= 11 is 0. The van der Waals surface area contributed by atoms with E-state index >= 15 is 0 Å². The molecule has 0 aliphatic heterocycles. The van der Waals surface area contributed by atoms with Gasteiger partial charge in [-0.3, -0.25) is 5.26 Å².